The Morgan fingerprint density at radius 2 is 2.10 bits per heavy atom. The highest BCUT2D eigenvalue weighted by atomic mass is 32.2. The summed E-state index contributed by atoms with van der Waals surface area (Å²) in [5.74, 6) is 0. The molecule has 0 atom stereocenters. The second-order valence-corrected chi connectivity index (χ2v) is 6.93. The molecule has 3 N–H and O–H groups in total. The second kappa shape index (κ2) is 5.90. The van der Waals surface area contributed by atoms with Crippen molar-refractivity contribution >= 4 is 26.5 Å². The first kappa shape index (κ1) is 15.0. The molecule has 108 valence electrons. The van der Waals surface area contributed by atoms with Crippen LogP contribution in [0.15, 0.2) is 28.5 Å². The Kier molecular flexibility index (Phi) is 4.42. The maximum atomic E-state index is 12.3. The SMILES string of the molecule is CCc1ccc(S(=O)(=O)Nc2nc(C)cs2)cc1CN. The molecule has 0 saturated carbocycles. The highest BCUT2D eigenvalue weighted by Gasteiger charge is 2.17. The predicted molar refractivity (Wildman–Crippen MR) is 81.4 cm³/mol. The molecule has 1 aromatic heterocycles. The first-order valence-electron chi connectivity index (χ1n) is 6.23. The Bertz CT molecular complexity index is 708. The van der Waals surface area contributed by atoms with Crippen LogP contribution < -0.4 is 10.5 Å². The van der Waals surface area contributed by atoms with E-state index in [0.717, 1.165) is 23.2 Å². The quantitative estimate of drug-likeness (QED) is 0.887. The number of benzene rings is 1. The number of nitrogens with zero attached hydrogens (tertiary/aromatic N) is 1. The van der Waals surface area contributed by atoms with E-state index < -0.39 is 10.0 Å². The van der Waals surface area contributed by atoms with Crippen molar-refractivity contribution in [3.05, 3.63) is 40.4 Å². The van der Waals surface area contributed by atoms with Crippen LogP contribution >= 0.6 is 11.3 Å². The molecular weight excluding hydrogens is 294 g/mol. The average Bonchev–Trinajstić information content (AvgIpc) is 2.82. The van der Waals surface area contributed by atoms with Gasteiger partial charge in [0.05, 0.1) is 10.6 Å². The van der Waals surface area contributed by atoms with Crippen LogP contribution in [0.25, 0.3) is 0 Å². The minimum atomic E-state index is -3.62. The van der Waals surface area contributed by atoms with Gasteiger partial charge < -0.3 is 5.73 Å². The second-order valence-electron chi connectivity index (χ2n) is 4.39. The summed E-state index contributed by atoms with van der Waals surface area (Å²) in [6.45, 7) is 4.15. The first-order valence-corrected chi connectivity index (χ1v) is 8.59. The molecule has 0 aliphatic carbocycles. The van der Waals surface area contributed by atoms with Crippen molar-refractivity contribution < 1.29 is 8.42 Å². The fourth-order valence-electron chi connectivity index (χ4n) is 1.88. The summed E-state index contributed by atoms with van der Waals surface area (Å²) in [7, 11) is -3.62. The van der Waals surface area contributed by atoms with Gasteiger partial charge in [-0.15, -0.1) is 11.3 Å². The predicted octanol–water partition coefficient (Wildman–Crippen LogP) is 2.27. The van der Waals surface area contributed by atoms with Crippen LogP contribution in [0.4, 0.5) is 5.13 Å². The van der Waals surface area contributed by atoms with Crippen LogP contribution in [0.5, 0.6) is 0 Å². The molecule has 0 aliphatic rings. The molecule has 1 heterocycles. The Hall–Kier alpha value is -1.44. The lowest BCUT2D eigenvalue weighted by Crippen LogP contribution is -2.14. The van der Waals surface area contributed by atoms with Crippen LogP contribution in [-0.4, -0.2) is 13.4 Å². The van der Waals surface area contributed by atoms with Crippen molar-refractivity contribution in [2.24, 2.45) is 5.73 Å². The lowest BCUT2D eigenvalue weighted by molar-refractivity contribution is 0.601. The summed E-state index contributed by atoms with van der Waals surface area (Å²) in [5.41, 5.74) is 8.38. The van der Waals surface area contributed by atoms with E-state index in [1.165, 1.54) is 11.3 Å². The molecule has 0 bridgehead atoms. The van der Waals surface area contributed by atoms with E-state index in [0.29, 0.717) is 11.7 Å². The third-order valence-corrected chi connectivity index (χ3v) is 5.27. The Morgan fingerprint density at radius 3 is 2.65 bits per heavy atom. The number of nitrogens with two attached hydrogens (primary N) is 1. The molecular formula is C13H17N3O2S2. The van der Waals surface area contributed by atoms with E-state index in [4.69, 9.17) is 5.73 Å². The van der Waals surface area contributed by atoms with E-state index in [2.05, 4.69) is 9.71 Å². The van der Waals surface area contributed by atoms with Gasteiger partial charge in [-0.25, -0.2) is 13.4 Å². The summed E-state index contributed by atoms with van der Waals surface area (Å²) in [6.07, 6.45) is 0.825. The van der Waals surface area contributed by atoms with Crippen molar-refractivity contribution in [2.75, 3.05) is 4.72 Å². The van der Waals surface area contributed by atoms with Gasteiger partial charge in [0.15, 0.2) is 5.13 Å². The molecule has 2 aromatic rings. The number of aromatic nitrogens is 1. The molecule has 2 rings (SSSR count). The third-order valence-electron chi connectivity index (χ3n) is 2.93. The first-order chi connectivity index (χ1) is 9.46. The summed E-state index contributed by atoms with van der Waals surface area (Å²) < 4.78 is 27.1. The summed E-state index contributed by atoms with van der Waals surface area (Å²) in [6, 6.07) is 5.03. The van der Waals surface area contributed by atoms with Crippen LogP contribution in [0.1, 0.15) is 23.7 Å². The lowest BCUT2D eigenvalue weighted by Gasteiger charge is -2.10. The largest absolute Gasteiger partial charge is 0.326 e. The topological polar surface area (TPSA) is 85.1 Å². The number of aryl methyl sites for hydroxylation is 2. The van der Waals surface area contributed by atoms with E-state index in [-0.39, 0.29) is 4.90 Å². The standard InChI is InChI=1S/C13H17N3O2S2/c1-3-10-4-5-12(6-11(10)7-14)20(17,18)16-13-15-9(2)8-19-13/h4-6,8H,3,7,14H2,1-2H3,(H,15,16). The van der Waals surface area contributed by atoms with Crippen LogP contribution in [0.2, 0.25) is 0 Å². The van der Waals surface area contributed by atoms with Crippen LogP contribution in [0.3, 0.4) is 0 Å². The van der Waals surface area contributed by atoms with Crippen LogP contribution in [0, 0.1) is 6.92 Å². The normalized spacial score (nSPS) is 11.6. The summed E-state index contributed by atoms with van der Waals surface area (Å²) >= 11 is 1.26. The van der Waals surface area contributed by atoms with Gasteiger partial charge in [-0.2, -0.15) is 0 Å². The van der Waals surface area contributed by atoms with E-state index in [1.807, 2.05) is 19.9 Å². The fourth-order valence-corrected chi connectivity index (χ4v) is 3.87. The van der Waals surface area contributed by atoms with Gasteiger partial charge in [0.25, 0.3) is 10.0 Å². The number of anilines is 1. The van der Waals surface area contributed by atoms with Crippen molar-refractivity contribution in [3.63, 3.8) is 0 Å². The molecule has 0 spiro atoms. The Balaban J connectivity index is 2.34. The van der Waals surface area contributed by atoms with Crippen molar-refractivity contribution in [3.8, 4) is 0 Å². The molecule has 0 saturated heterocycles. The Labute approximate surface area is 122 Å². The molecule has 0 radical (unpaired) electrons. The maximum Gasteiger partial charge on any atom is 0.263 e. The van der Waals surface area contributed by atoms with E-state index >= 15 is 0 Å². The molecule has 7 heteroatoms. The zero-order valence-corrected chi connectivity index (χ0v) is 13.0. The minimum absolute atomic E-state index is 0.211. The molecule has 5 nitrogen and oxygen atoms in total. The molecule has 1 aromatic carbocycles. The smallest absolute Gasteiger partial charge is 0.263 e. The van der Waals surface area contributed by atoms with Gasteiger partial charge in [-0.05, 0) is 36.6 Å². The van der Waals surface area contributed by atoms with Gasteiger partial charge >= 0.3 is 0 Å². The molecule has 0 fully saturated rings. The third kappa shape index (κ3) is 3.17. The maximum absolute atomic E-state index is 12.3. The van der Waals surface area contributed by atoms with Crippen LogP contribution in [-0.2, 0) is 23.0 Å². The zero-order chi connectivity index (χ0) is 14.8. The number of nitrogens with one attached hydrogen (secondary N) is 1. The number of hydrogen-bond acceptors (Lipinski definition) is 5. The van der Waals surface area contributed by atoms with E-state index in [1.54, 1.807) is 17.5 Å². The Morgan fingerprint density at radius 1 is 1.35 bits per heavy atom. The van der Waals surface area contributed by atoms with Gasteiger partial charge in [0.1, 0.15) is 0 Å². The van der Waals surface area contributed by atoms with Gasteiger partial charge in [-0.3, -0.25) is 4.72 Å². The number of rotatable bonds is 5. The summed E-state index contributed by atoms with van der Waals surface area (Å²) in [5, 5.41) is 2.17. The molecule has 0 unspecified atom stereocenters. The van der Waals surface area contributed by atoms with Crippen molar-refractivity contribution in [2.45, 2.75) is 31.7 Å². The summed E-state index contributed by atoms with van der Waals surface area (Å²) in [4.78, 5) is 4.31. The molecule has 20 heavy (non-hydrogen) atoms. The highest BCUT2D eigenvalue weighted by molar-refractivity contribution is 7.93. The molecule has 0 amide bonds. The van der Waals surface area contributed by atoms with Crippen molar-refractivity contribution in [1.82, 2.24) is 4.98 Å². The zero-order valence-electron chi connectivity index (χ0n) is 11.4. The van der Waals surface area contributed by atoms with Gasteiger partial charge in [-0.1, -0.05) is 13.0 Å². The number of thiazole rings is 1. The van der Waals surface area contributed by atoms with Gasteiger partial charge in [0, 0.05) is 11.9 Å². The number of hydrogen-bond donors (Lipinski definition) is 2. The average molecular weight is 311 g/mol. The molecule has 0 aliphatic heterocycles. The van der Waals surface area contributed by atoms with E-state index in [9.17, 15) is 8.42 Å². The highest BCUT2D eigenvalue weighted by Crippen LogP contribution is 2.22. The fraction of sp³-hybridized carbons (Fsp3) is 0.308. The minimum Gasteiger partial charge on any atom is -0.326 e. The van der Waals surface area contributed by atoms with Gasteiger partial charge in [0.2, 0.25) is 0 Å². The number of sulfonamides is 1. The van der Waals surface area contributed by atoms with Crippen molar-refractivity contribution in [1.29, 1.82) is 0 Å². The lowest BCUT2D eigenvalue weighted by atomic mass is 10.1. The monoisotopic (exact) mass is 311 g/mol.